The number of nitrogens with zero attached hydrogens (tertiary/aromatic N) is 1. The second-order valence-electron chi connectivity index (χ2n) is 5.60. The lowest BCUT2D eigenvalue weighted by Gasteiger charge is -2.33. The van der Waals surface area contributed by atoms with Crippen molar-refractivity contribution in [1.29, 1.82) is 0 Å². The minimum absolute atomic E-state index is 0.0207. The van der Waals surface area contributed by atoms with Crippen LogP contribution in [0.2, 0.25) is 0 Å². The van der Waals surface area contributed by atoms with Gasteiger partial charge in [0.2, 0.25) is 0 Å². The maximum atomic E-state index is 12.5. The van der Waals surface area contributed by atoms with Crippen LogP contribution in [-0.4, -0.2) is 42.3 Å². The van der Waals surface area contributed by atoms with E-state index in [0.717, 1.165) is 19.4 Å². The van der Waals surface area contributed by atoms with E-state index >= 15 is 0 Å². The number of alkyl halides is 3. The summed E-state index contributed by atoms with van der Waals surface area (Å²) in [6, 6.07) is 0.585. The van der Waals surface area contributed by atoms with E-state index in [-0.39, 0.29) is 12.1 Å². The lowest BCUT2D eigenvalue weighted by Crippen LogP contribution is -2.44. The molecule has 0 saturated heterocycles. The van der Waals surface area contributed by atoms with Crippen LogP contribution in [0.3, 0.4) is 0 Å². The van der Waals surface area contributed by atoms with Gasteiger partial charge in [-0.1, -0.05) is 0 Å². The zero-order chi connectivity index (χ0) is 13.8. The highest BCUT2D eigenvalue weighted by molar-refractivity contribution is 4.81. The van der Waals surface area contributed by atoms with E-state index in [2.05, 4.69) is 5.32 Å². The van der Waals surface area contributed by atoms with Crippen molar-refractivity contribution in [2.45, 2.75) is 70.8 Å². The summed E-state index contributed by atoms with van der Waals surface area (Å²) in [7, 11) is 0. The van der Waals surface area contributed by atoms with Crippen LogP contribution in [0.4, 0.5) is 13.2 Å². The Balaban J connectivity index is 2.26. The van der Waals surface area contributed by atoms with E-state index in [1.807, 2.05) is 20.8 Å². The van der Waals surface area contributed by atoms with Crippen LogP contribution in [0.25, 0.3) is 0 Å². The molecule has 1 unspecified atom stereocenters. The molecule has 0 aromatic heterocycles. The smallest absolute Gasteiger partial charge is 0.314 e. The lowest BCUT2D eigenvalue weighted by molar-refractivity contribution is -0.154. The van der Waals surface area contributed by atoms with Crippen molar-refractivity contribution in [2.24, 2.45) is 0 Å². The van der Waals surface area contributed by atoms with Gasteiger partial charge < -0.3 is 5.32 Å². The van der Waals surface area contributed by atoms with Crippen LogP contribution in [0.5, 0.6) is 0 Å². The maximum absolute atomic E-state index is 12.5. The quantitative estimate of drug-likeness (QED) is 0.679. The van der Waals surface area contributed by atoms with Gasteiger partial charge in [0.05, 0.1) is 6.54 Å². The molecule has 0 aromatic carbocycles. The van der Waals surface area contributed by atoms with Crippen molar-refractivity contribution in [3.63, 3.8) is 0 Å². The van der Waals surface area contributed by atoms with Crippen molar-refractivity contribution in [2.75, 3.05) is 13.1 Å². The van der Waals surface area contributed by atoms with Gasteiger partial charge in [0.1, 0.15) is 0 Å². The number of halogens is 3. The third-order valence-electron chi connectivity index (χ3n) is 3.40. The van der Waals surface area contributed by atoms with Crippen LogP contribution in [0, 0.1) is 0 Å². The minimum atomic E-state index is -4.11. The van der Waals surface area contributed by atoms with Crippen LogP contribution in [0.1, 0.15) is 46.5 Å². The van der Waals surface area contributed by atoms with Gasteiger partial charge in [-0.05, 0) is 53.0 Å². The van der Waals surface area contributed by atoms with Crippen molar-refractivity contribution in [1.82, 2.24) is 10.2 Å². The highest BCUT2D eigenvalue weighted by Crippen LogP contribution is 2.22. The molecule has 0 amide bonds. The third-order valence-corrected chi connectivity index (χ3v) is 3.40. The summed E-state index contributed by atoms with van der Waals surface area (Å²) in [5.74, 6) is 0. The van der Waals surface area contributed by atoms with Gasteiger partial charge >= 0.3 is 6.18 Å². The fourth-order valence-corrected chi connectivity index (χ4v) is 2.21. The van der Waals surface area contributed by atoms with Gasteiger partial charge in [0.25, 0.3) is 0 Å². The molecule has 0 heterocycles. The molecule has 1 saturated carbocycles. The minimum Gasteiger partial charge on any atom is -0.314 e. The molecular formula is C13H25F3N2. The predicted molar refractivity (Wildman–Crippen MR) is 67.6 cm³/mol. The summed E-state index contributed by atoms with van der Waals surface area (Å²) in [6.07, 6.45) is 0.154. The van der Waals surface area contributed by atoms with Crippen LogP contribution >= 0.6 is 0 Å². The standard InChI is InChI=1S/C13H25F3N2/c1-10(2)18(9-13(14,15)16)11(3)5-4-8-17-12-6-7-12/h10-12,17H,4-9H2,1-3H3. The van der Waals surface area contributed by atoms with Gasteiger partial charge in [-0.15, -0.1) is 0 Å². The van der Waals surface area contributed by atoms with E-state index < -0.39 is 12.7 Å². The van der Waals surface area contributed by atoms with Gasteiger partial charge in [0.15, 0.2) is 0 Å². The van der Waals surface area contributed by atoms with E-state index in [9.17, 15) is 13.2 Å². The Kier molecular flexibility index (Phi) is 5.92. The second kappa shape index (κ2) is 6.75. The Morgan fingerprint density at radius 3 is 2.28 bits per heavy atom. The van der Waals surface area contributed by atoms with E-state index in [4.69, 9.17) is 0 Å². The Hall–Kier alpha value is -0.290. The van der Waals surface area contributed by atoms with Crippen LogP contribution in [-0.2, 0) is 0 Å². The Morgan fingerprint density at radius 1 is 1.22 bits per heavy atom. The molecular weight excluding hydrogens is 241 g/mol. The molecule has 0 aliphatic heterocycles. The van der Waals surface area contributed by atoms with Crippen molar-refractivity contribution in [3.05, 3.63) is 0 Å². The molecule has 5 heteroatoms. The maximum Gasteiger partial charge on any atom is 0.401 e. The molecule has 1 N–H and O–H groups in total. The summed E-state index contributed by atoms with van der Waals surface area (Å²) in [5, 5.41) is 3.39. The first kappa shape index (κ1) is 15.8. The Labute approximate surface area is 108 Å². The number of rotatable bonds is 8. The number of hydrogen-bond donors (Lipinski definition) is 1. The van der Waals surface area contributed by atoms with Crippen molar-refractivity contribution in [3.8, 4) is 0 Å². The van der Waals surface area contributed by atoms with E-state index in [1.54, 1.807) is 0 Å². The Morgan fingerprint density at radius 2 is 1.83 bits per heavy atom. The molecule has 1 aliphatic rings. The van der Waals surface area contributed by atoms with Gasteiger partial charge in [-0.2, -0.15) is 13.2 Å². The molecule has 1 fully saturated rings. The van der Waals surface area contributed by atoms with Gasteiger partial charge in [-0.3, -0.25) is 4.90 Å². The molecule has 0 aromatic rings. The average molecular weight is 266 g/mol. The highest BCUT2D eigenvalue weighted by Gasteiger charge is 2.33. The SMILES string of the molecule is CC(C)N(CC(F)(F)F)C(C)CCCNC1CC1. The third kappa shape index (κ3) is 6.59. The summed E-state index contributed by atoms with van der Waals surface area (Å²) in [5.41, 5.74) is 0. The molecule has 108 valence electrons. The van der Waals surface area contributed by atoms with Crippen molar-refractivity contribution < 1.29 is 13.2 Å². The van der Waals surface area contributed by atoms with Crippen molar-refractivity contribution >= 4 is 0 Å². The normalized spacial score (nSPS) is 18.7. The van der Waals surface area contributed by atoms with E-state index in [0.29, 0.717) is 6.04 Å². The van der Waals surface area contributed by atoms with E-state index in [1.165, 1.54) is 17.7 Å². The summed E-state index contributed by atoms with van der Waals surface area (Å²) >= 11 is 0. The van der Waals surface area contributed by atoms with Gasteiger partial charge in [-0.25, -0.2) is 0 Å². The molecule has 1 rings (SSSR count). The topological polar surface area (TPSA) is 15.3 Å². The predicted octanol–water partition coefficient (Wildman–Crippen LogP) is 3.18. The molecule has 0 radical (unpaired) electrons. The fraction of sp³-hybridized carbons (Fsp3) is 1.00. The first-order valence-electron chi connectivity index (χ1n) is 6.85. The van der Waals surface area contributed by atoms with Gasteiger partial charge in [0, 0.05) is 18.1 Å². The molecule has 0 bridgehead atoms. The molecule has 1 aliphatic carbocycles. The summed E-state index contributed by atoms with van der Waals surface area (Å²) in [6.45, 7) is 5.66. The molecule has 0 spiro atoms. The summed E-state index contributed by atoms with van der Waals surface area (Å²) < 4.78 is 37.4. The zero-order valence-corrected chi connectivity index (χ0v) is 11.6. The fourth-order valence-electron chi connectivity index (χ4n) is 2.21. The largest absolute Gasteiger partial charge is 0.401 e. The zero-order valence-electron chi connectivity index (χ0n) is 11.6. The highest BCUT2D eigenvalue weighted by atomic mass is 19.4. The first-order chi connectivity index (χ1) is 8.29. The monoisotopic (exact) mass is 266 g/mol. The molecule has 2 nitrogen and oxygen atoms in total. The molecule has 1 atom stereocenters. The van der Waals surface area contributed by atoms with Crippen LogP contribution < -0.4 is 5.32 Å². The lowest BCUT2D eigenvalue weighted by atomic mass is 10.1. The number of hydrogen-bond acceptors (Lipinski definition) is 2. The second-order valence-corrected chi connectivity index (χ2v) is 5.60. The Bertz CT molecular complexity index is 237. The molecule has 18 heavy (non-hydrogen) atoms. The van der Waals surface area contributed by atoms with Crippen LogP contribution in [0.15, 0.2) is 0 Å². The summed E-state index contributed by atoms with van der Waals surface area (Å²) in [4.78, 5) is 1.54. The number of nitrogens with one attached hydrogen (secondary N) is 1. The average Bonchev–Trinajstić information content (AvgIpc) is 3.03. The first-order valence-corrected chi connectivity index (χ1v) is 6.85.